The van der Waals surface area contributed by atoms with Gasteiger partial charge in [-0.15, -0.1) is 0 Å². The molecule has 2 heteroatoms. The Kier molecular flexibility index (Phi) is 11.5. The first-order valence-corrected chi connectivity index (χ1v) is 5.61. The fourth-order valence-corrected chi connectivity index (χ4v) is 1.18. The lowest BCUT2D eigenvalue weighted by Gasteiger charge is -2.24. The maximum atomic E-state index is 10.8. The van der Waals surface area contributed by atoms with Gasteiger partial charge in [0.15, 0.2) is 0 Å². The predicted octanol–water partition coefficient (Wildman–Crippen LogP) is 3.24. The van der Waals surface area contributed by atoms with E-state index in [0.717, 1.165) is 19.5 Å². The van der Waals surface area contributed by atoms with Crippen molar-refractivity contribution in [2.75, 3.05) is 13.1 Å². The highest BCUT2D eigenvalue weighted by Gasteiger charge is 2.10. The Hall–Kier alpha value is -0.790. The highest BCUT2D eigenvalue weighted by atomic mass is 16.2. The van der Waals surface area contributed by atoms with Crippen LogP contribution < -0.4 is 0 Å². The highest BCUT2D eigenvalue weighted by molar-refractivity contribution is 5.73. The minimum atomic E-state index is 0.187. The Labute approximate surface area is 89.0 Å². The summed E-state index contributed by atoms with van der Waals surface area (Å²) in [6, 6.07) is 0. The zero-order valence-electron chi connectivity index (χ0n) is 10.6. The van der Waals surface area contributed by atoms with Gasteiger partial charge in [-0.2, -0.15) is 0 Å². The quantitative estimate of drug-likeness (QED) is 0.548. The average molecular weight is 199 g/mol. The van der Waals surface area contributed by atoms with Crippen LogP contribution in [0.25, 0.3) is 0 Å². The van der Waals surface area contributed by atoms with Crippen molar-refractivity contribution in [3.63, 3.8) is 0 Å². The highest BCUT2D eigenvalue weighted by Crippen LogP contribution is 2.07. The molecular formula is C12H25NO. The first-order valence-electron chi connectivity index (χ1n) is 5.61. The molecule has 1 aliphatic rings. The van der Waals surface area contributed by atoms with Crippen molar-refractivity contribution >= 4 is 5.91 Å². The van der Waals surface area contributed by atoms with Gasteiger partial charge in [-0.05, 0) is 13.3 Å². The van der Waals surface area contributed by atoms with Crippen molar-refractivity contribution in [2.24, 2.45) is 0 Å². The Bertz CT molecular complexity index is 173. The summed E-state index contributed by atoms with van der Waals surface area (Å²) in [5, 5.41) is 0. The van der Waals surface area contributed by atoms with Gasteiger partial charge >= 0.3 is 0 Å². The van der Waals surface area contributed by atoms with E-state index in [2.05, 4.69) is 13.0 Å². The summed E-state index contributed by atoms with van der Waals surface area (Å²) in [5.41, 5.74) is 1.31. The minimum Gasteiger partial charge on any atom is -0.339 e. The summed E-state index contributed by atoms with van der Waals surface area (Å²) >= 11 is 0. The molecule has 0 aliphatic carbocycles. The van der Waals surface area contributed by atoms with Gasteiger partial charge in [0.2, 0.25) is 5.91 Å². The summed E-state index contributed by atoms with van der Waals surface area (Å²) in [6.07, 6.45) is 3.21. The van der Waals surface area contributed by atoms with Crippen LogP contribution in [0.15, 0.2) is 11.6 Å². The number of carbonyl (C=O) groups excluding carboxylic acids is 1. The number of nitrogens with zero attached hydrogens (tertiary/aromatic N) is 1. The molecule has 0 atom stereocenters. The molecule has 2 nitrogen and oxygen atoms in total. The van der Waals surface area contributed by atoms with E-state index >= 15 is 0 Å². The van der Waals surface area contributed by atoms with Crippen molar-refractivity contribution in [3.05, 3.63) is 11.6 Å². The maximum Gasteiger partial charge on any atom is 0.219 e. The second-order valence-electron chi connectivity index (χ2n) is 2.78. The Morgan fingerprint density at radius 2 is 1.79 bits per heavy atom. The van der Waals surface area contributed by atoms with Gasteiger partial charge in [0.1, 0.15) is 0 Å². The molecule has 0 unspecified atom stereocenters. The topological polar surface area (TPSA) is 20.3 Å². The molecule has 0 aromatic rings. The molecule has 0 bridgehead atoms. The number of carbonyl (C=O) groups is 1. The standard InChI is InChI=1S/C8H13NO.2C2H6/c1-7-4-3-5-9(6-7)8(2)10;2*1-2/h4H,3,5-6H2,1-2H3;2*1-2H3. The van der Waals surface area contributed by atoms with E-state index in [9.17, 15) is 4.79 Å². The zero-order valence-corrected chi connectivity index (χ0v) is 10.6. The van der Waals surface area contributed by atoms with Gasteiger partial charge in [-0.25, -0.2) is 0 Å². The lowest BCUT2D eigenvalue weighted by molar-refractivity contribution is -0.128. The SMILES string of the molecule is CC.CC.CC(=O)N1CCC=C(C)C1. The third kappa shape index (κ3) is 6.70. The summed E-state index contributed by atoms with van der Waals surface area (Å²) in [5.74, 6) is 0.187. The molecule has 0 saturated heterocycles. The lowest BCUT2D eigenvalue weighted by Crippen LogP contribution is -2.33. The van der Waals surface area contributed by atoms with Crippen LogP contribution in [0.1, 0.15) is 48.0 Å². The van der Waals surface area contributed by atoms with E-state index < -0.39 is 0 Å². The fraction of sp³-hybridized carbons (Fsp3) is 0.750. The van der Waals surface area contributed by atoms with Crippen LogP contribution in [-0.2, 0) is 4.79 Å². The molecule has 0 saturated carbocycles. The molecule has 0 spiro atoms. The Morgan fingerprint density at radius 1 is 1.29 bits per heavy atom. The third-order valence-corrected chi connectivity index (χ3v) is 1.78. The van der Waals surface area contributed by atoms with E-state index in [1.165, 1.54) is 5.57 Å². The predicted molar refractivity (Wildman–Crippen MR) is 63.3 cm³/mol. The monoisotopic (exact) mass is 199 g/mol. The van der Waals surface area contributed by atoms with E-state index in [1.807, 2.05) is 32.6 Å². The van der Waals surface area contributed by atoms with Crippen LogP contribution in [-0.4, -0.2) is 23.9 Å². The van der Waals surface area contributed by atoms with Crippen LogP contribution in [0.5, 0.6) is 0 Å². The smallest absolute Gasteiger partial charge is 0.219 e. The fourth-order valence-electron chi connectivity index (χ4n) is 1.18. The Balaban J connectivity index is 0. The van der Waals surface area contributed by atoms with E-state index in [0.29, 0.717) is 0 Å². The van der Waals surface area contributed by atoms with Gasteiger partial charge in [-0.1, -0.05) is 39.3 Å². The van der Waals surface area contributed by atoms with Crippen LogP contribution in [0, 0.1) is 0 Å². The first kappa shape index (κ1) is 15.7. The van der Waals surface area contributed by atoms with Gasteiger partial charge in [0.05, 0.1) is 0 Å². The van der Waals surface area contributed by atoms with Crippen LogP contribution in [0.4, 0.5) is 0 Å². The lowest BCUT2D eigenvalue weighted by atomic mass is 10.1. The van der Waals surface area contributed by atoms with Crippen molar-refractivity contribution in [2.45, 2.75) is 48.0 Å². The van der Waals surface area contributed by atoms with Crippen LogP contribution in [0.2, 0.25) is 0 Å². The zero-order chi connectivity index (χ0) is 11.6. The second-order valence-corrected chi connectivity index (χ2v) is 2.78. The molecular weight excluding hydrogens is 174 g/mol. The van der Waals surface area contributed by atoms with E-state index in [4.69, 9.17) is 0 Å². The summed E-state index contributed by atoms with van der Waals surface area (Å²) in [6.45, 7) is 13.4. The molecule has 1 heterocycles. The molecule has 14 heavy (non-hydrogen) atoms. The van der Waals surface area contributed by atoms with Crippen LogP contribution in [0.3, 0.4) is 0 Å². The molecule has 84 valence electrons. The first-order chi connectivity index (χ1) is 6.70. The van der Waals surface area contributed by atoms with Crippen molar-refractivity contribution in [1.29, 1.82) is 0 Å². The molecule has 1 rings (SSSR count). The number of amides is 1. The maximum absolute atomic E-state index is 10.8. The van der Waals surface area contributed by atoms with Crippen molar-refractivity contribution < 1.29 is 4.79 Å². The van der Waals surface area contributed by atoms with Gasteiger partial charge < -0.3 is 4.90 Å². The van der Waals surface area contributed by atoms with Crippen LogP contribution >= 0.6 is 0 Å². The molecule has 1 amide bonds. The van der Waals surface area contributed by atoms with Gasteiger partial charge in [0.25, 0.3) is 0 Å². The normalized spacial score (nSPS) is 14.1. The molecule has 0 fully saturated rings. The Morgan fingerprint density at radius 3 is 2.07 bits per heavy atom. The summed E-state index contributed by atoms with van der Waals surface area (Å²) < 4.78 is 0. The molecule has 0 radical (unpaired) electrons. The van der Waals surface area contributed by atoms with Crippen molar-refractivity contribution in [1.82, 2.24) is 4.90 Å². The average Bonchev–Trinajstić information content (AvgIpc) is 2.24. The van der Waals surface area contributed by atoms with Gasteiger partial charge in [-0.3, -0.25) is 4.79 Å². The minimum absolute atomic E-state index is 0.187. The second kappa shape index (κ2) is 10.3. The molecule has 0 aromatic heterocycles. The summed E-state index contributed by atoms with van der Waals surface area (Å²) in [4.78, 5) is 12.7. The molecule has 0 N–H and O–H groups in total. The number of hydrogen-bond acceptors (Lipinski definition) is 1. The largest absolute Gasteiger partial charge is 0.339 e. The number of hydrogen-bond donors (Lipinski definition) is 0. The summed E-state index contributed by atoms with van der Waals surface area (Å²) in [7, 11) is 0. The third-order valence-electron chi connectivity index (χ3n) is 1.78. The number of rotatable bonds is 0. The molecule has 0 aromatic carbocycles. The molecule has 1 aliphatic heterocycles. The van der Waals surface area contributed by atoms with E-state index in [1.54, 1.807) is 6.92 Å². The van der Waals surface area contributed by atoms with Crippen molar-refractivity contribution in [3.8, 4) is 0 Å². The van der Waals surface area contributed by atoms with Gasteiger partial charge in [0, 0.05) is 20.0 Å². The van der Waals surface area contributed by atoms with E-state index in [-0.39, 0.29) is 5.91 Å².